The van der Waals surface area contributed by atoms with Crippen LogP contribution < -0.4 is 14.8 Å². The van der Waals surface area contributed by atoms with Crippen LogP contribution in [0.25, 0.3) is 0 Å². The summed E-state index contributed by atoms with van der Waals surface area (Å²) < 4.78 is 37.6. The molecule has 0 spiro atoms. The van der Waals surface area contributed by atoms with Crippen molar-refractivity contribution in [2.24, 2.45) is 0 Å². The highest BCUT2D eigenvalue weighted by Crippen LogP contribution is 2.20. The van der Waals surface area contributed by atoms with E-state index >= 15 is 0 Å². The fourth-order valence-electron chi connectivity index (χ4n) is 2.35. The van der Waals surface area contributed by atoms with Gasteiger partial charge in [-0.05, 0) is 69.3 Å². The number of carbonyl (C=O) groups is 2. The lowest BCUT2D eigenvalue weighted by atomic mass is 10.2. The normalized spacial score (nSPS) is 11.0. The van der Waals surface area contributed by atoms with Crippen LogP contribution in [0.3, 0.4) is 0 Å². The van der Waals surface area contributed by atoms with Crippen molar-refractivity contribution in [2.45, 2.75) is 31.7 Å². The Morgan fingerprint density at radius 1 is 1.00 bits per heavy atom. The first-order valence-corrected chi connectivity index (χ1v) is 10.5. The van der Waals surface area contributed by atoms with Gasteiger partial charge in [-0.25, -0.2) is 13.2 Å². The molecule has 0 saturated heterocycles. The van der Waals surface area contributed by atoms with E-state index in [1.54, 1.807) is 26.0 Å². The van der Waals surface area contributed by atoms with Gasteiger partial charge in [0.1, 0.15) is 5.75 Å². The molecule has 2 N–H and O–H groups in total. The number of hydrogen-bond donors (Lipinski definition) is 2. The molecule has 0 unspecified atom stereocenters. The molecule has 2 aromatic carbocycles. The number of nitrogens with one attached hydrogen (secondary N) is 2. The Hall–Kier alpha value is -3.07. The predicted octanol–water partition coefficient (Wildman–Crippen LogP) is 2.57. The average molecular weight is 420 g/mol. The van der Waals surface area contributed by atoms with Gasteiger partial charge < -0.3 is 14.8 Å². The van der Waals surface area contributed by atoms with Crippen LogP contribution in [0.1, 0.15) is 31.1 Å². The van der Waals surface area contributed by atoms with Gasteiger partial charge in [0.2, 0.25) is 0 Å². The number of amides is 1. The number of carbonyl (C=O) groups excluding carboxylic acids is 2. The third-order valence-corrected chi connectivity index (χ3v) is 5.00. The van der Waals surface area contributed by atoms with Crippen LogP contribution in [0, 0.1) is 0 Å². The Bertz CT molecular complexity index is 938. The first-order valence-electron chi connectivity index (χ1n) is 9.03. The zero-order chi connectivity index (χ0) is 21.4. The van der Waals surface area contributed by atoms with Crippen LogP contribution in [0.2, 0.25) is 0 Å². The summed E-state index contributed by atoms with van der Waals surface area (Å²) >= 11 is 0. The van der Waals surface area contributed by atoms with Crippen LogP contribution in [-0.4, -0.2) is 39.5 Å². The first-order chi connectivity index (χ1) is 13.7. The number of ether oxygens (including phenoxy) is 2. The van der Waals surface area contributed by atoms with Crippen molar-refractivity contribution in [2.75, 3.05) is 17.9 Å². The summed E-state index contributed by atoms with van der Waals surface area (Å²) in [6.45, 7) is 5.54. The number of esters is 1. The van der Waals surface area contributed by atoms with Gasteiger partial charge in [-0.1, -0.05) is 0 Å². The molecule has 0 saturated carbocycles. The molecule has 0 aliphatic carbocycles. The van der Waals surface area contributed by atoms with E-state index in [1.165, 1.54) is 36.4 Å². The van der Waals surface area contributed by atoms with E-state index in [4.69, 9.17) is 9.47 Å². The molecule has 9 heteroatoms. The van der Waals surface area contributed by atoms with E-state index in [-0.39, 0.29) is 28.8 Å². The molecule has 8 nitrogen and oxygen atoms in total. The van der Waals surface area contributed by atoms with E-state index in [2.05, 4.69) is 10.0 Å². The molecule has 0 aliphatic heterocycles. The van der Waals surface area contributed by atoms with Crippen LogP contribution in [-0.2, 0) is 19.6 Å². The molecule has 2 aromatic rings. The van der Waals surface area contributed by atoms with Gasteiger partial charge >= 0.3 is 5.97 Å². The summed E-state index contributed by atoms with van der Waals surface area (Å²) in [5.74, 6) is -0.491. The molecule has 0 atom stereocenters. The van der Waals surface area contributed by atoms with Crippen molar-refractivity contribution in [1.82, 2.24) is 5.32 Å². The number of hydrogen-bond acceptors (Lipinski definition) is 6. The summed E-state index contributed by atoms with van der Waals surface area (Å²) in [4.78, 5) is 23.6. The van der Waals surface area contributed by atoms with Crippen LogP contribution >= 0.6 is 0 Å². The average Bonchev–Trinajstić information content (AvgIpc) is 2.66. The Morgan fingerprint density at radius 2 is 1.62 bits per heavy atom. The Balaban J connectivity index is 1.98. The molecule has 2 rings (SSSR count). The minimum Gasteiger partial charge on any atom is -0.494 e. The molecule has 0 radical (unpaired) electrons. The van der Waals surface area contributed by atoms with E-state index in [0.29, 0.717) is 12.4 Å². The SMILES string of the molecule is CCOc1ccc(S(=O)(=O)Nc2ccc(C(=O)OCC(=O)NC(C)C)cc2)cc1. The van der Waals surface area contributed by atoms with Crippen molar-refractivity contribution in [3.05, 3.63) is 54.1 Å². The Labute approximate surface area is 170 Å². The maximum atomic E-state index is 12.5. The Morgan fingerprint density at radius 3 is 2.17 bits per heavy atom. The molecule has 156 valence electrons. The molecule has 29 heavy (non-hydrogen) atoms. The number of benzene rings is 2. The van der Waals surface area contributed by atoms with E-state index in [9.17, 15) is 18.0 Å². The van der Waals surface area contributed by atoms with Crippen molar-refractivity contribution in [3.63, 3.8) is 0 Å². The van der Waals surface area contributed by atoms with Gasteiger partial charge in [0.05, 0.1) is 17.1 Å². The molecule has 0 heterocycles. The molecule has 0 fully saturated rings. The summed E-state index contributed by atoms with van der Waals surface area (Å²) in [7, 11) is -3.79. The van der Waals surface area contributed by atoms with E-state index < -0.39 is 21.9 Å². The maximum absolute atomic E-state index is 12.5. The van der Waals surface area contributed by atoms with Gasteiger partial charge in [0, 0.05) is 11.7 Å². The lowest BCUT2D eigenvalue weighted by Gasteiger charge is -2.10. The van der Waals surface area contributed by atoms with Crippen LogP contribution in [0.4, 0.5) is 5.69 Å². The largest absolute Gasteiger partial charge is 0.494 e. The minimum absolute atomic E-state index is 0.0520. The predicted molar refractivity (Wildman–Crippen MR) is 108 cm³/mol. The second-order valence-corrected chi connectivity index (χ2v) is 8.07. The molecular weight excluding hydrogens is 396 g/mol. The number of rotatable bonds is 9. The molecule has 1 amide bonds. The number of sulfonamides is 1. The van der Waals surface area contributed by atoms with Crippen molar-refractivity contribution in [1.29, 1.82) is 0 Å². The molecular formula is C20H24N2O6S. The van der Waals surface area contributed by atoms with Crippen molar-refractivity contribution < 1.29 is 27.5 Å². The highest BCUT2D eigenvalue weighted by Gasteiger charge is 2.15. The second-order valence-electron chi connectivity index (χ2n) is 6.39. The third-order valence-electron chi connectivity index (χ3n) is 3.60. The highest BCUT2D eigenvalue weighted by molar-refractivity contribution is 7.92. The zero-order valence-electron chi connectivity index (χ0n) is 16.5. The third kappa shape index (κ3) is 6.79. The van der Waals surface area contributed by atoms with E-state index in [1.807, 2.05) is 6.92 Å². The maximum Gasteiger partial charge on any atom is 0.338 e. The monoisotopic (exact) mass is 420 g/mol. The summed E-state index contributed by atoms with van der Waals surface area (Å²) in [6.07, 6.45) is 0. The Kier molecular flexibility index (Phi) is 7.60. The smallest absolute Gasteiger partial charge is 0.338 e. The molecule has 0 aromatic heterocycles. The second kappa shape index (κ2) is 9.92. The lowest BCUT2D eigenvalue weighted by Crippen LogP contribution is -2.33. The van der Waals surface area contributed by atoms with Gasteiger partial charge in [-0.15, -0.1) is 0 Å². The van der Waals surface area contributed by atoms with Gasteiger partial charge in [0.15, 0.2) is 6.61 Å². The standard InChI is InChI=1S/C20H24N2O6S/c1-4-27-17-9-11-18(12-10-17)29(25,26)22-16-7-5-15(6-8-16)20(24)28-13-19(23)21-14(2)3/h5-12,14,22H,4,13H2,1-3H3,(H,21,23). The minimum atomic E-state index is -3.79. The topological polar surface area (TPSA) is 111 Å². The van der Waals surface area contributed by atoms with Crippen LogP contribution in [0.15, 0.2) is 53.4 Å². The summed E-state index contributed by atoms with van der Waals surface area (Å²) in [6, 6.07) is 11.7. The van der Waals surface area contributed by atoms with Crippen LogP contribution in [0.5, 0.6) is 5.75 Å². The van der Waals surface area contributed by atoms with Gasteiger partial charge in [-0.3, -0.25) is 9.52 Å². The fraction of sp³-hybridized carbons (Fsp3) is 0.300. The van der Waals surface area contributed by atoms with E-state index in [0.717, 1.165) is 0 Å². The van der Waals surface area contributed by atoms with Gasteiger partial charge in [0.25, 0.3) is 15.9 Å². The first kappa shape index (κ1) is 22.2. The summed E-state index contributed by atoms with van der Waals surface area (Å²) in [5.41, 5.74) is 0.486. The van der Waals surface area contributed by atoms with Crippen molar-refractivity contribution in [3.8, 4) is 5.75 Å². The quantitative estimate of drug-likeness (QED) is 0.603. The van der Waals surface area contributed by atoms with Crippen molar-refractivity contribution >= 4 is 27.6 Å². The molecule has 0 aliphatic rings. The lowest BCUT2D eigenvalue weighted by molar-refractivity contribution is -0.124. The zero-order valence-corrected chi connectivity index (χ0v) is 17.3. The molecule has 0 bridgehead atoms. The van der Waals surface area contributed by atoms with Gasteiger partial charge in [-0.2, -0.15) is 0 Å². The highest BCUT2D eigenvalue weighted by atomic mass is 32.2. The number of anilines is 1. The fourth-order valence-corrected chi connectivity index (χ4v) is 3.41. The summed E-state index contributed by atoms with van der Waals surface area (Å²) in [5, 5.41) is 2.61.